The lowest BCUT2D eigenvalue weighted by atomic mass is 9.94. The van der Waals surface area contributed by atoms with E-state index in [1.165, 1.54) is 23.9 Å². The Morgan fingerprint density at radius 1 is 1.06 bits per heavy atom. The van der Waals surface area contributed by atoms with Gasteiger partial charge in [-0.25, -0.2) is 9.59 Å². The SMILES string of the molecule is COC(=O)C1=C(CN2CCN(c3cc(C)ccc3C)CC2)NC(=O)N[C@@H]1c1cccc(OC)c1. The van der Waals surface area contributed by atoms with Gasteiger partial charge in [0.15, 0.2) is 0 Å². The molecule has 2 aliphatic heterocycles. The first-order valence-electron chi connectivity index (χ1n) is 11.5. The highest BCUT2D eigenvalue weighted by Crippen LogP contribution is 2.30. The number of carbonyl (C=O) groups is 2. The van der Waals surface area contributed by atoms with Crippen LogP contribution in [0.5, 0.6) is 5.75 Å². The summed E-state index contributed by atoms with van der Waals surface area (Å²) in [5.41, 5.74) is 5.52. The van der Waals surface area contributed by atoms with Crippen LogP contribution in [0.2, 0.25) is 0 Å². The maximum Gasteiger partial charge on any atom is 0.338 e. The largest absolute Gasteiger partial charge is 0.497 e. The third-order valence-corrected chi connectivity index (χ3v) is 6.45. The van der Waals surface area contributed by atoms with Crippen LogP contribution in [-0.2, 0) is 9.53 Å². The minimum absolute atomic E-state index is 0.343. The maximum atomic E-state index is 12.8. The number of aryl methyl sites for hydroxylation is 2. The van der Waals surface area contributed by atoms with Gasteiger partial charge in [-0.1, -0.05) is 24.3 Å². The Labute approximate surface area is 200 Å². The number of rotatable bonds is 6. The van der Waals surface area contributed by atoms with Gasteiger partial charge in [0, 0.05) is 44.1 Å². The molecular formula is C26H32N4O4. The number of amides is 2. The summed E-state index contributed by atoms with van der Waals surface area (Å²) >= 11 is 0. The normalized spacial score (nSPS) is 18.9. The molecule has 34 heavy (non-hydrogen) atoms. The van der Waals surface area contributed by atoms with Crippen molar-refractivity contribution in [2.45, 2.75) is 19.9 Å². The molecule has 8 heteroatoms. The summed E-state index contributed by atoms with van der Waals surface area (Å²) in [5.74, 6) is 0.183. The van der Waals surface area contributed by atoms with Crippen LogP contribution in [0, 0.1) is 13.8 Å². The Morgan fingerprint density at radius 2 is 1.82 bits per heavy atom. The van der Waals surface area contributed by atoms with Gasteiger partial charge >= 0.3 is 12.0 Å². The number of piperazine rings is 1. The van der Waals surface area contributed by atoms with Gasteiger partial charge in [-0.3, -0.25) is 4.90 Å². The van der Waals surface area contributed by atoms with Crippen LogP contribution in [0.25, 0.3) is 0 Å². The molecule has 1 fully saturated rings. The zero-order valence-corrected chi connectivity index (χ0v) is 20.2. The zero-order valence-electron chi connectivity index (χ0n) is 20.2. The molecule has 2 aromatic carbocycles. The first kappa shape index (κ1) is 23.6. The summed E-state index contributed by atoms with van der Waals surface area (Å²) in [7, 11) is 2.94. The number of carbonyl (C=O) groups excluding carboxylic acids is 2. The predicted octanol–water partition coefficient (Wildman–Crippen LogP) is 2.92. The van der Waals surface area contributed by atoms with Crippen LogP contribution in [0.4, 0.5) is 10.5 Å². The topological polar surface area (TPSA) is 83.1 Å². The van der Waals surface area contributed by atoms with Crippen molar-refractivity contribution in [3.8, 4) is 5.75 Å². The number of methoxy groups -OCH3 is 2. The number of anilines is 1. The highest BCUT2D eigenvalue weighted by atomic mass is 16.5. The van der Waals surface area contributed by atoms with Gasteiger partial charge < -0.3 is 25.0 Å². The molecule has 0 radical (unpaired) electrons. The number of benzene rings is 2. The first-order valence-corrected chi connectivity index (χ1v) is 11.5. The van der Waals surface area contributed by atoms with Crippen LogP contribution in [-0.4, -0.2) is 63.8 Å². The predicted molar refractivity (Wildman–Crippen MR) is 131 cm³/mol. The van der Waals surface area contributed by atoms with Crippen molar-refractivity contribution >= 4 is 17.7 Å². The van der Waals surface area contributed by atoms with E-state index in [-0.39, 0.29) is 6.03 Å². The molecule has 180 valence electrons. The van der Waals surface area contributed by atoms with E-state index in [1.54, 1.807) is 7.11 Å². The fourth-order valence-corrected chi connectivity index (χ4v) is 4.60. The van der Waals surface area contributed by atoms with Gasteiger partial charge in [-0.05, 0) is 48.7 Å². The molecule has 0 bridgehead atoms. The van der Waals surface area contributed by atoms with E-state index in [4.69, 9.17) is 9.47 Å². The second-order valence-electron chi connectivity index (χ2n) is 8.75. The monoisotopic (exact) mass is 464 g/mol. The first-order chi connectivity index (χ1) is 16.4. The van der Waals surface area contributed by atoms with E-state index in [1.807, 2.05) is 24.3 Å². The molecule has 0 spiro atoms. The van der Waals surface area contributed by atoms with Gasteiger partial charge in [-0.15, -0.1) is 0 Å². The summed E-state index contributed by atoms with van der Waals surface area (Å²) in [6.07, 6.45) is 0. The lowest BCUT2D eigenvalue weighted by Gasteiger charge is -2.38. The Balaban J connectivity index is 1.56. The van der Waals surface area contributed by atoms with Gasteiger partial charge in [0.25, 0.3) is 0 Å². The van der Waals surface area contributed by atoms with E-state index in [2.05, 4.69) is 52.5 Å². The Kier molecular flexibility index (Phi) is 7.07. The van der Waals surface area contributed by atoms with E-state index in [0.717, 1.165) is 31.7 Å². The molecule has 0 aliphatic carbocycles. The second kappa shape index (κ2) is 10.2. The molecule has 1 saturated heterocycles. The Hall–Kier alpha value is -3.52. The van der Waals surface area contributed by atoms with Crippen LogP contribution in [0.1, 0.15) is 22.7 Å². The Bertz CT molecular complexity index is 1110. The van der Waals surface area contributed by atoms with Gasteiger partial charge in [-0.2, -0.15) is 0 Å². The van der Waals surface area contributed by atoms with Crippen LogP contribution in [0.15, 0.2) is 53.7 Å². The average Bonchev–Trinajstić information content (AvgIpc) is 2.85. The molecule has 1 atom stereocenters. The maximum absolute atomic E-state index is 12.8. The number of urea groups is 1. The highest BCUT2D eigenvalue weighted by molar-refractivity contribution is 5.95. The Morgan fingerprint density at radius 3 is 2.53 bits per heavy atom. The number of esters is 1. The second-order valence-corrected chi connectivity index (χ2v) is 8.75. The molecule has 8 nitrogen and oxygen atoms in total. The molecule has 0 unspecified atom stereocenters. The smallest absolute Gasteiger partial charge is 0.338 e. The van der Waals surface area contributed by atoms with Gasteiger partial charge in [0.1, 0.15) is 5.75 Å². The number of hydrogen-bond acceptors (Lipinski definition) is 6. The quantitative estimate of drug-likeness (QED) is 0.640. The molecule has 2 N–H and O–H groups in total. The number of nitrogens with one attached hydrogen (secondary N) is 2. The van der Waals surface area contributed by atoms with E-state index < -0.39 is 12.0 Å². The van der Waals surface area contributed by atoms with E-state index in [0.29, 0.717) is 23.6 Å². The van der Waals surface area contributed by atoms with Crippen LogP contribution in [0.3, 0.4) is 0 Å². The van der Waals surface area contributed by atoms with Gasteiger partial charge in [0.05, 0.1) is 25.8 Å². The summed E-state index contributed by atoms with van der Waals surface area (Å²) in [6.45, 7) is 8.08. The van der Waals surface area contributed by atoms with E-state index >= 15 is 0 Å². The van der Waals surface area contributed by atoms with E-state index in [9.17, 15) is 9.59 Å². The molecular weight excluding hydrogens is 432 g/mol. The highest BCUT2D eigenvalue weighted by Gasteiger charge is 2.34. The average molecular weight is 465 g/mol. The minimum atomic E-state index is -0.623. The fraction of sp³-hybridized carbons (Fsp3) is 0.385. The van der Waals surface area contributed by atoms with Crippen molar-refractivity contribution in [1.29, 1.82) is 0 Å². The summed E-state index contributed by atoms with van der Waals surface area (Å²) in [4.78, 5) is 30.0. The van der Waals surface area contributed by atoms with Crippen LogP contribution < -0.4 is 20.3 Å². The standard InChI is InChI=1S/C26H32N4O4/c1-17-8-9-18(2)22(14-17)30-12-10-29(11-13-30)16-21-23(25(31)34-4)24(28-26(32)27-21)19-6-5-7-20(15-19)33-3/h5-9,14-15,24H,10-13,16H2,1-4H3,(H2,27,28,32)/t24-/m1/s1. The van der Waals surface area contributed by atoms with Crippen molar-refractivity contribution in [3.05, 3.63) is 70.4 Å². The molecule has 2 aromatic rings. The third-order valence-electron chi connectivity index (χ3n) is 6.45. The van der Waals surface area contributed by atoms with Crippen molar-refractivity contribution in [3.63, 3.8) is 0 Å². The molecule has 0 saturated carbocycles. The number of ether oxygens (including phenoxy) is 2. The fourth-order valence-electron chi connectivity index (χ4n) is 4.60. The van der Waals surface area contributed by atoms with Crippen molar-refractivity contribution in [2.24, 2.45) is 0 Å². The zero-order chi connectivity index (χ0) is 24.2. The number of hydrogen-bond donors (Lipinski definition) is 2. The van der Waals surface area contributed by atoms with Crippen LogP contribution >= 0.6 is 0 Å². The van der Waals surface area contributed by atoms with Crippen molar-refractivity contribution in [1.82, 2.24) is 15.5 Å². The van der Waals surface area contributed by atoms with Crippen molar-refractivity contribution in [2.75, 3.05) is 51.8 Å². The molecule has 4 rings (SSSR count). The lowest BCUT2D eigenvalue weighted by molar-refractivity contribution is -0.136. The molecule has 2 heterocycles. The lowest BCUT2D eigenvalue weighted by Crippen LogP contribution is -2.51. The summed E-state index contributed by atoms with van der Waals surface area (Å²) in [5, 5.41) is 5.72. The van der Waals surface area contributed by atoms with Crippen molar-refractivity contribution < 1.29 is 19.1 Å². The summed E-state index contributed by atoms with van der Waals surface area (Å²) in [6, 6.07) is 12.9. The minimum Gasteiger partial charge on any atom is -0.497 e. The number of nitrogens with zero attached hydrogens (tertiary/aromatic N) is 2. The summed E-state index contributed by atoms with van der Waals surface area (Å²) < 4.78 is 10.4. The molecule has 0 aromatic heterocycles. The molecule has 2 aliphatic rings. The third kappa shape index (κ3) is 5.02. The molecule has 2 amide bonds. The van der Waals surface area contributed by atoms with Gasteiger partial charge in [0.2, 0.25) is 0 Å².